The van der Waals surface area contributed by atoms with Crippen molar-refractivity contribution < 1.29 is 14.2 Å². The summed E-state index contributed by atoms with van der Waals surface area (Å²) in [6, 6.07) is 21.4. The van der Waals surface area contributed by atoms with Gasteiger partial charge in [0, 0.05) is 0 Å². The van der Waals surface area contributed by atoms with E-state index in [9.17, 15) is 4.79 Å². The Labute approximate surface area is 213 Å². The second-order valence-electron chi connectivity index (χ2n) is 8.59. The van der Waals surface area contributed by atoms with Crippen LogP contribution >= 0.6 is 11.3 Å². The minimum atomic E-state index is -0.0715. The Morgan fingerprint density at radius 1 is 0.972 bits per heavy atom. The molecule has 6 nitrogen and oxygen atoms in total. The van der Waals surface area contributed by atoms with Gasteiger partial charge < -0.3 is 14.2 Å². The summed E-state index contributed by atoms with van der Waals surface area (Å²) >= 11 is 1.38. The molecule has 0 aliphatic heterocycles. The van der Waals surface area contributed by atoms with E-state index in [1.165, 1.54) is 16.9 Å². The summed E-state index contributed by atoms with van der Waals surface area (Å²) in [6.45, 7) is 5.18. The fourth-order valence-corrected chi connectivity index (χ4v) is 5.19. The Bertz CT molecular complexity index is 1620. The molecular weight excluding hydrogens is 472 g/mol. The topological polar surface area (TPSA) is 62.1 Å². The molecule has 0 bridgehead atoms. The normalized spacial score (nSPS) is 12.8. The van der Waals surface area contributed by atoms with Gasteiger partial charge in [-0.1, -0.05) is 61.6 Å². The maximum Gasteiger partial charge on any atom is 0.274 e. The standard InChI is InChI=1S/C29H28N2O4S/c1-4-19(2)21-9-5-8-12-24(21)34-15-16-35-25-14-13-20(17-26(25)33-3)18-27-28(32)31-23-11-7-6-10-22(23)30-29(31)36-27/h5-14,17-19H,4,15-16H2,1-3H3/b27-18+/t19-/m1/s1. The van der Waals surface area contributed by atoms with Crippen LogP contribution in [0, 0.1) is 0 Å². The van der Waals surface area contributed by atoms with E-state index in [-0.39, 0.29) is 5.56 Å². The number of hydrogen-bond donors (Lipinski definition) is 0. The van der Waals surface area contributed by atoms with Gasteiger partial charge >= 0.3 is 0 Å². The number of thiazole rings is 1. The van der Waals surface area contributed by atoms with Crippen LogP contribution in [0.4, 0.5) is 0 Å². The van der Waals surface area contributed by atoms with Gasteiger partial charge in [-0.25, -0.2) is 9.38 Å². The Morgan fingerprint density at radius 3 is 2.53 bits per heavy atom. The molecule has 0 aliphatic carbocycles. The summed E-state index contributed by atoms with van der Waals surface area (Å²) in [7, 11) is 1.61. The average molecular weight is 501 g/mol. The summed E-state index contributed by atoms with van der Waals surface area (Å²) in [4.78, 5) is 18.3. The van der Waals surface area contributed by atoms with Crippen LogP contribution in [0.5, 0.6) is 17.2 Å². The number of benzene rings is 3. The molecule has 0 saturated heterocycles. The fourth-order valence-electron chi connectivity index (χ4n) is 4.20. The van der Waals surface area contributed by atoms with Crippen molar-refractivity contribution >= 4 is 33.4 Å². The average Bonchev–Trinajstić information content (AvgIpc) is 3.42. The second kappa shape index (κ2) is 10.4. The maximum absolute atomic E-state index is 13.0. The van der Waals surface area contributed by atoms with E-state index >= 15 is 0 Å². The molecule has 2 heterocycles. The Morgan fingerprint density at radius 2 is 1.72 bits per heavy atom. The molecular formula is C29H28N2O4S. The van der Waals surface area contributed by atoms with E-state index in [2.05, 4.69) is 24.9 Å². The van der Waals surface area contributed by atoms with Crippen LogP contribution < -0.4 is 24.3 Å². The number of methoxy groups -OCH3 is 1. The SMILES string of the molecule is CC[C@@H](C)c1ccccc1OCCOc1ccc(/C=c2/sc3nc4ccccc4n3c2=O)cc1OC. The van der Waals surface area contributed by atoms with E-state index < -0.39 is 0 Å². The van der Waals surface area contributed by atoms with Crippen molar-refractivity contribution in [2.75, 3.05) is 20.3 Å². The molecule has 36 heavy (non-hydrogen) atoms. The lowest BCUT2D eigenvalue weighted by molar-refractivity contribution is 0.209. The minimum Gasteiger partial charge on any atom is -0.493 e. The lowest BCUT2D eigenvalue weighted by Gasteiger charge is -2.16. The first-order chi connectivity index (χ1) is 17.6. The molecule has 1 atom stereocenters. The van der Waals surface area contributed by atoms with Gasteiger partial charge in [0.2, 0.25) is 0 Å². The first-order valence-corrected chi connectivity index (χ1v) is 12.8. The zero-order valence-electron chi connectivity index (χ0n) is 20.6. The number of para-hydroxylation sites is 3. The molecule has 0 unspecified atom stereocenters. The molecule has 0 amide bonds. The quantitative estimate of drug-likeness (QED) is 0.252. The van der Waals surface area contributed by atoms with E-state index in [1.807, 2.05) is 66.7 Å². The summed E-state index contributed by atoms with van der Waals surface area (Å²) in [5.74, 6) is 2.56. The van der Waals surface area contributed by atoms with Gasteiger partial charge in [0.1, 0.15) is 19.0 Å². The van der Waals surface area contributed by atoms with Gasteiger partial charge in [-0.3, -0.25) is 4.79 Å². The maximum atomic E-state index is 13.0. The molecule has 0 radical (unpaired) electrons. The number of hydrogen-bond acceptors (Lipinski definition) is 6. The highest BCUT2D eigenvalue weighted by molar-refractivity contribution is 7.15. The Hall–Kier alpha value is -3.84. The zero-order valence-corrected chi connectivity index (χ0v) is 21.4. The molecule has 5 aromatic rings. The molecule has 5 rings (SSSR count). The molecule has 0 saturated carbocycles. The van der Waals surface area contributed by atoms with Gasteiger partial charge in [0.25, 0.3) is 5.56 Å². The van der Waals surface area contributed by atoms with Crippen molar-refractivity contribution in [2.24, 2.45) is 0 Å². The van der Waals surface area contributed by atoms with Crippen LogP contribution in [-0.2, 0) is 0 Å². The number of rotatable bonds is 9. The van der Waals surface area contributed by atoms with Crippen molar-refractivity contribution in [2.45, 2.75) is 26.2 Å². The number of nitrogens with zero attached hydrogens (tertiary/aromatic N) is 2. The van der Waals surface area contributed by atoms with Crippen LogP contribution in [0.3, 0.4) is 0 Å². The highest BCUT2D eigenvalue weighted by atomic mass is 32.1. The second-order valence-corrected chi connectivity index (χ2v) is 9.60. The molecule has 7 heteroatoms. The largest absolute Gasteiger partial charge is 0.493 e. The Balaban J connectivity index is 1.31. The van der Waals surface area contributed by atoms with Crippen molar-refractivity contribution in [3.05, 3.63) is 92.7 Å². The summed E-state index contributed by atoms with van der Waals surface area (Å²) in [5.41, 5.74) is 3.64. The number of imidazole rings is 1. The monoisotopic (exact) mass is 500 g/mol. The third-order valence-corrected chi connectivity index (χ3v) is 7.26. The highest BCUT2D eigenvalue weighted by Crippen LogP contribution is 2.30. The van der Waals surface area contributed by atoms with Crippen molar-refractivity contribution in [1.82, 2.24) is 9.38 Å². The van der Waals surface area contributed by atoms with Crippen LogP contribution in [0.15, 0.2) is 71.5 Å². The fraction of sp³-hybridized carbons (Fsp3) is 0.241. The van der Waals surface area contributed by atoms with Crippen LogP contribution in [-0.4, -0.2) is 29.7 Å². The molecule has 0 aliphatic rings. The van der Waals surface area contributed by atoms with Crippen LogP contribution in [0.1, 0.15) is 37.3 Å². The van der Waals surface area contributed by atoms with Crippen molar-refractivity contribution in [3.63, 3.8) is 0 Å². The third-order valence-electron chi connectivity index (χ3n) is 6.29. The minimum absolute atomic E-state index is 0.0715. The van der Waals surface area contributed by atoms with Crippen LogP contribution in [0.25, 0.3) is 22.1 Å². The summed E-state index contributed by atoms with van der Waals surface area (Å²) in [5, 5.41) is 0. The molecule has 0 fully saturated rings. The lowest BCUT2D eigenvalue weighted by atomic mass is 9.98. The first kappa shape index (κ1) is 23.9. The highest BCUT2D eigenvalue weighted by Gasteiger charge is 2.12. The van der Waals surface area contributed by atoms with E-state index in [0.717, 1.165) is 28.8 Å². The number of aromatic nitrogens is 2. The zero-order chi connectivity index (χ0) is 25.1. The Kier molecular flexibility index (Phi) is 6.91. The van der Waals surface area contributed by atoms with Gasteiger partial charge in [-0.2, -0.15) is 0 Å². The smallest absolute Gasteiger partial charge is 0.274 e. The number of ether oxygens (including phenoxy) is 3. The predicted molar refractivity (Wildman–Crippen MR) is 145 cm³/mol. The van der Waals surface area contributed by atoms with Gasteiger partial charge in [0.05, 0.1) is 22.7 Å². The van der Waals surface area contributed by atoms with E-state index in [0.29, 0.717) is 40.1 Å². The van der Waals surface area contributed by atoms with Crippen molar-refractivity contribution in [3.8, 4) is 17.2 Å². The van der Waals surface area contributed by atoms with Crippen LogP contribution in [0.2, 0.25) is 0 Å². The molecule has 184 valence electrons. The first-order valence-electron chi connectivity index (χ1n) is 12.0. The molecule has 2 aromatic heterocycles. The lowest BCUT2D eigenvalue weighted by Crippen LogP contribution is -2.22. The number of fused-ring (bicyclic) bond motifs is 3. The molecule has 0 N–H and O–H groups in total. The van der Waals surface area contributed by atoms with E-state index in [1.54, 1.807) is 11.5 Å². The molecule has 3 aromatic carbocycles. The summed E-state index contributed by atoms with van der Waals surface area (Å²) in [6.07, 6.45) is 2.91. The van der Waals surface area contributed by atoms with Gasteiger partial charge in [-0.05, 0) is 59.9 Å². The third kappa shape index (κ3) is 4.66. The predicted octanol–water partition coefficient (Wildman–Crippen LogP) is 5.44. The summed E-state index contributed by atoms with van der Waals surface area (Å²) < 4.78 is 19.8. The van der Waals surface area contributed by atoms with Gasteiger partial charge in [0.15, 0.2) is 16.5 Å². The van der Waals surface area contributed by atoms with Gasteiger partial charge in [-0.15, -0.1) is 0 Å². The van der Waals surface area contributed by atoms with Crippen molar-refractivity contribution in [1.29, 1.82) is 0 Å². The molecule has 0 spiro atoms. The van der Waals surface area contributed by atoms with E-state index in [4.69, 9.17) is 14.2 Å².